The molecule has 4 rings (SSSR count). The Balaban J connectivity index is 1.67. The molecule has 0 aliphatic rings. The van der Waals surface area contributed by atoms with Gasteiger partial charge in [0.15, 0.2) is 17.4 Å². The van der Waals surface area contributed by atoms with Crippen LogP contribution in [0.4, 0.5) is 13.2 Å². The Morgan fingerprint density at radius 3 is 1.66 bits per heavy atom. The predicted molar refractivity (Wildman–Crippen MR) is 137 cm³/mol. The Labute approximate surface area is 219 Å². The van der Waals surface area contributed by atoms with E-state index in [1.54, 1.807) is 17.0 Å². The Hall–Kier alpha value is -4.23. The highest BCUT2D eigenvalue weighted by atomic mass is 19.2. The lowest BCUT2D eigenvalue weighted by molar-refractivity contribution is -0.146. The molecule has 1 atom stereocenters. The first-order chi connectivity index (χ1) is 18.4. The van der Waals surface area contributed by atoms with Crippen LogP contribution in [0.3, 0.4) is 0 Å². The predicted octanol–water partition coefficient (Wildman–Crippen LogP) is 6.49. The van der Waals surface area contributed by atoms with Gasteiger partial charge in [-0.2, -0.15) is 0 Å². The van der Waals surface area contributed by atoms with Crippen LogP contribution in [0.25, 0.3) is 0 Å². The minimum Gasteiger partial charge on any atom is -0.461 e. The highest BCUT2D eigenvalue weighted by molar-refractivity contribution is 6.02. The summed E-state index contributed by atoms with van der Waals surface area (Å²) in [6.45, 7) is 0.476. The monoisotopic (exact) mass is 517 g/mol. The summed E-state index contributed by atoms with van der Waals surface area (Å²) in [5.74, 6) is -5.47. The van der Waals surface area contributed by atoms with E-state index in [4.69, 9.17) is 4.74 Å². The van der Waals surface area contributed by atoms with Crippen LogP contribution in [0.1, 0.15) is 33.5 Å². The van der Waals surface area contributed by atoms with Gasteiger partial charge in [-0.15, -0.1) is 0 Å². The van der Waals surface area contributed by atoms with Crippen LogP contribution in [-0.2, 0) is 29.2 Å². The largest absolute Gasteiger partial charge is 0.461 e. The number of hydrogen-bond donors (Lipinski definition) is 0. The molecule has 0 radical (unpaired) electrons. The van der Waals surface area contributed by atoms with Crippen LogP contribution in [0.15, 0.2) is 103 Å². The maximum absolute atomic E-state index is 14.7. The topological polar surface area (TPSA) is 46.6 Å². The van der Waals surface area contributed by atoms with Crippen molar-refractivity contribution >= 4 is 11.8 Å². The molecule has 0 fully saturated rings. The number of halogens is 3. The zero-order chi connectivity index (χ0) is 26.9. The molecule has 0 heterocycles. The van der Waals surface area contributed by atoms with E-state index >= 15 is 0 Å². The lowest BCUT2D eigenvalue weighted by Crippen LogP contribution is -2.42. The van der Waals surface area contributed by atoms with Gasteiger partial charge in [-0.1, -0.05) is 91.0 Å². The molecule has 0 unspecified atom stereocenters. The Bertz CT molecular complexity index is 1320. The number of ether oxygens (including phenoxy) is 1. The number of esters is 1. The van der Waals surface area contributed by atoms with E-state index in [1.165, 1.54) is 0 Å². The van der Waals surface area contributed by atoms with Crippen LogP contribution >= 0.6 is 0 Å². The van der Waals surface area contributed by atoms with Crippen molar-refractivity contribution in [2.45, 2.75) is 32.2 Å². The van der Waals surface area contributed by atoms with Crippen molar-refractivity contribution in [3.63, 3.8) is 0 Å². The fourth-order valence-corrected chi connectivity index (χ4v) is 4.15. The summed E-state index contributed by atoms with van der Waals surface area (Å²) in [6.07, 6.45) is -0.413. The zero-order valence-electron chi connectivity index (χ0n) is 20.5. The molecule has 0 amide bonds. The second-order valence-corrected chi connectivity index (χ2v) is 8.85. The van der Waals surface area contributed by atoms with Crippen LogP contribution in [0.5, 0.6) is 0 Å². The second kappa shape index (κ2) is 12.8. The van der Waals surface area contributed by atoms with Crippen molar-refractivity contribution in [1.82, 2.24) is 4.90 Å². The molecule has 0 saturated heterocycles. The molecular weight excluding hydrogens is 491 g/mol. The third kappa shape index (κ3) is 7.17. The first-order valence-electron chi connectivity index (χ1n) is 12.1. The van der Waals surface area contributed by atoms with Crippen LogP contribution in [0, 0.1) is 17.5 Å². The van der Waals surface area contributed by atoms with E-state index in [-0.39, 0.29) is 19.7 Å². The fraction of sp³-hybridized carbons (Fsp3) is 0.161. The quantitative estimate of drug-likeness (QED) is 0.130. The lowest BCUT2D eigenvalue weighted by Gasteiger charge is -2.31. The molecule has 38 heavy (non-hydrogen) atoms. The summed E-state index contributed by atoms with van der Waals surface area (Å²) < 4.78 is 47.8. The second-order valence-electron chi connectivity index (χ2n) is 8.85. The van der Waals surface area contributed by atoms with Crippen molar-refractivity contribution in [3.05, 3.63) is 143 Å². The minimum absolute atomic E-state index is 0.00249. The molecule has 4 nitrogen and oxygen atoms in total. The summed E-state index contributed by atoms with van der Waals surface area (Å²) in [5, 5.41) is 0. The number of carbonyl (C=O) groups excluding carboxylic acids is 2. The molecule has 194 valence electrons. The van der Waals surface area contributed by atoms with E-state index in [1.807, 2.05) is 78.9 Å². The first kappa shape index (κ1) is 26.8. The van der Waals surface area contributed by atoms with E-state index in [0.29, 0.717) is 12.1 Å². The van der Waals surface area contributed by atoms with Gasteiger partial charge >= 0.3 is 5.97 Å². The molecule has 0 aliphatic carbocycles. The number of nitrogens with zero attached hydrogens (tertiary/aromatic N) is 1. The maximum Gasteiger partial charge on any atom is 0.308 e. The van der Waals surface area contributed by atoms with Crippen molar-refractivity contribution < 1.29 is 27.5 Å². The fourth-order valence-electron chi connectivity index (χ4n) is 4.15. The highest BCUT2D eigenvalue weighted by Gasteiger charge is 2.32. The molecule has 0 aromatic heterocycles. The summed E-state index contributed by atoms with van der Waals surface area (Å²) >= 11 is 0. The Morgan fingerprint density at radius 2 is 1.13 bits per heavy atom. The molecule has 0 spiro atoms. The van der Waals surface area contributed by atoms with Crippen molar-refractivity contribution in [2.24, 2.45) is 0 Å². The summed E-state index contributed by atoms with van der Waals surface area (Å²) in [4.78, 5) is 28.4. The first-order valence-corrected chi connectivity index (χ1v) is 12.1. The number of hydrogen-bond acceptors (Lipinski definition) is 4. The lowest BCUT2D eigenvalue weighted by atomic mass is 9.97. The third-order valence-corrected chi connectivity index (χ3v) is 6.08. The Morgan fingerprint density at radius 1 is 0.658 bits per heavy atom. The number of rotatable bonds is 11. The summed E-state index contributed by atoms with van der Waals surface area (Å²) in [6, 6.07) is 27.3. The average Bonchev–Trinajstić information content (AvgIpc) is 2.93. The van der Waals surface area contributed by atoms with Gasteiger partial charge < -0.3 is 4.74 Å². The van der Waals surface area contributed by atoms with Gasteiger partial charge in [-0.05, 0) is 22.8 Å². The SMILES string of the molecule is O=C(C[C@@H](C(=O)c1cc(F)c(F)cc1F)N(Cc1ccccc1)Cc1ccccc1)OCc1ccccc1. The minimum atomic E-state index is -1.40. The van der Waals surface area contributed by atoms with E-state index in [9.17, 15) is 22.8 Å². The summed E-state index contributed by atoms with van der Waals surface area (Å²) in [7, 11) is 0. The molecule has 4 aromatic carbocycles. The van der Waals surface area contributed by atoms with Crippen molar-refractivity contribution in [2.75, 3.05) is 0 Å². The van der Waals surface area contributed by atoms with Crippen molar-refractivity contribution in [3.8, 4) is 0 Å². The summed E-state index contributed by atoms with van der Waals surface area (Å²) in [5.41, 5.74) is 1.84. The van der Waals surface area contributed by atoms with Gasteiger partial charge in [0.1, 0.15) is 12.4 Å². The molecule has 0 saturated carbocycles. The zero-order valence-corrected chi connectivity index (χ0v) is 20.5. The van der Waals surface area contributed by atoms with Gasteiger partial charge in [0, 0.05) is 19.2 Å². The standard InChI is InChI=1S/C31H26F3NO3/c32-26-17-28(34)27(33)16-25(26)31(37)29(18-30(36)38-21-24-14-8-3-9-15-24)35(19-22-10-4-1-5-11-22)20-23-12-6-2-7-13-23/h1-17,29H,18-21H2/t29-/m0/s1. The van der Waals surface area contributed by atoms with Gasteiger partial charge in [0.05, 0.1) is 18.0 Å². The van der Waals surface area contributed by atoms with E-state index in [0.717, 1.165) is 16.7 Å². The number of Topliss-reactive ketones (excluding diaryl/α,β-unsaturated/α-hetero) is 1. The molecule has 0 N–H and O–H groups in total. The highest BCUT2D eigenvalue weighted by Crippen LogP contribution is 2.23. The van der Waals surface area contributed by atoms with E-state index in [2.05, 4.69) is 0 Å². The molecule has 4 aromatic rings. The van der Waals surface area contributed by atoms with Crippen LogP contribution < -0.4 is 0 Å². The van der Waals surface area contributed by atoms with Crippen molar-refractivity contribution in [1.29, 1.82) is 0 Å². The molecule has 0 bridgehead atoms. The normalized spacial score (nSPS) is 11.8. The Kier molecular flexibility index (Phi) is 9.06. The third-order valence-electron chi connectivity index (χ3n) is 6.08. The number of ketones is 1. The number of benzene rings is 4. The van der Waals surface area contributed by atoms with Gasteiger partial charge in [0.2, 0.25) is 0 Å². The van der Waals surface area contributed by atoms with E-state index < -0.39 is 47.2 Å². The molecular formula is C31H26F3NO3. The van der Waals surface area contributed by atoms with Gasteiger partial charge in [-0.3, -0.25) is 14.5 Å². The number of carbonyl (C=O) groups is 2. The molecule has 0 aliphatic heterocycles. The van der Waals surface area contributed by atoms with Gasteiger partial charge in [0.25, 0.3) is 0 Å². The average molecular weight is 518 g/mol. The van der Waals surface area contributed by atoms with Crippen LogP contribution in [-0.4, -0.2) is 22.7 Å². The molecule has 7 heteroatoms. The van der Waals surface area contributed by atoms with Crippen LogP contribution in [0.2, 0.25) is 0 Å². The van der Waals surface area contributed by atoms with Gasteiger partial charge in [-0.25, -0.2) is 13.2 Å². The maximum atomic E-state index is 14.7. The smallest absolute Gasteiger partial charge is 0.308 e.